The van der Waals surface area contributed by atoms with Crippen molar-refractivity contribution in [2.45, 2.75) is 31.2 Å². The summed E-state index contributed by atoms with van der Waals surface area (Å²) in [5.41, 5.74) is 5.76. The molecule has 3 aromatic carbocycles. The number of anilines is 1. The highest BCUT2D eigenvalue weighted by Crippen LogP contribution is 2.36. The van der Waals surface area contributed by atoms with E-state index in [4.69, 9.17) is 0 Å². The van der Waals surface area contributed by atoms with Gasteiger partial charge in [-0.3, -0.25) is 4.79 Å². The summed E-state index contributed by atoms with van der Waals surface area (Å²) in [6.45, 7) is 6.01. The van der Waals surface area contributed by atoms with Crippen molar-refractivity contribution in [3.63, 3.8) is 0 Å². The van der Waals surface area contributed by atoms with Gasteiger partial charge in [-0.25, -0.2) is 0 Å². The van der Waals surface area contributed by atoms with Crippen molar-refractivity contribution in [2.75, 3.05) is 5.32 Å². The molecule has 4 aromatic rings. The van der Waals surface area contributed by atoms with Gasteiger partial charge in [-0.1, -0.05) is 66.4 Å². The van der Waals surface area contributed by atoms with Gasteiger partial charge in [0.1, 0.15) is 5.25 Å². The number of rotatable bonds is 6. The van der Waals surface area contributed by atoms with Gasteiger partial charge in [-0.2, -0.15) is 4.68 Å². The van der Waals surface area contributed by atoms with E-state index >= 15 is 0 Å². The van der Waals surface area contributed by atoms with Crippen LogP contribution in [-0.2, 0) is 4.79 Å². The molecule has 1 heterocycles. The summed E-state index contributed by atoms with van der Waals surface area (Å²) in [6.07, 6.45) is 0. The fourth-order valence-corrected chi connectivity index (χ4v) is 4.24. The molecule has 0 bridgehead atoms. The first-order valence-corrected chi connectivity index (χ1v) is 10.8. The van der Waals surface area contributed by atoms with Gasteiger partial charge < -0.3 is 5.32 Å². The van der Waals surface area contributed by atoms with E-state index in [1.54, 1.807) is 4.68 Å². The summed E-state index contributed by atoms with van der Waals surface area (Å²) in [6, 6.07) is 23.6. The Labute approximate surface area is 185 Å². The van der Waals surface area contributed by atoms with Gasteiger partial charge in [0.05, 0.1) is 5.69 Å². The van der Waals surface area contributed by atoms with E-state index in [-0.39, 0.29) is 5.91 Å². The summed E-state index contributed by atoms with van der Waals surface area (Å²) in [7, 11) is 0. The maximum atomic E-state index is 13.4. The average molecular weight is 430 g/mol. The van der Waals surface area contributed by atoms with Crippen LogP contribution < -0.4 is 5.32 Å². The molecule has 1 N–H and O–H groups in total. The molecule has 0 saturated carbocycles. The summed E-state index contributed by atoms with van der Waals surface area (Å²) < 4.78 is 1.67. The summed E-state index contributed by atoms with van der Waals surface area (Å²) in [5, 5.41) is 15.3. The minimum atomic E-state index is -0.518. The van der Waals surface area contributed by atoms with Crippen molar-refractivity contribution >= 4 is 23.4 Å². The number of carbonyl (C=O) groups excluding carboxylic acids is 1. The van der Waals surface area contributed by atoms with Crippen molar-refractivity contribution in [1.82, 2.24) is 20.2 Å². The van der Waals surface area contributed by atoms with E-state index in [1.807, 2.05) is 93.6 Å². The highest BCUT2D eigenvalue weighted by Gasteiger charge is 2.26. The maximum Gasteiger partial charge on any atom is 0.242 e. The van der Waals surface area contributed by atoms with Gasteiger partial charge in [0.15, 0.2) is 0 Å². The number of hydrogen-bond acceptors (Lipinski definition) is 5. The van der Waals surface area contributed by atoms with Gasteiger partial charge in [0.25, 0.3) is 0 Å². The van der Waals surface area contributed by atoms with Crippen LogP contribution >= 0.6 is 11.8 Å². The Morgan fingerprint density at radius 2 is 1.71 bits per heavy atom. The molecule has 0 unspecified atom stereocenters. The number of benzene rings is 3. The minimum absolute atomic E-state index is 0.122. The molecule has 1 aromatic heterocycles. The van der Waals surface area contributed by atoms with Crippen LogP contribution in [0.4, 0.5) is 5.69 Å². The van der Waals surface area contributed by atoms with Crippen LogP contribution in [-0.4, -0.2) is 26.1 Å². The topological polar surface area (TPSA) is 72.7 Å². The lowest BCUT2D eigenvalue weighted by molar-refractivity contribution is -0.115. The Hall–Kier alpha value is -3.45. The zero-order valence-electron chi connectivity index (χ0n) is 17.6. The van der Waals surface area contributed by atoms with E-state index in [0.29, 0.717) is 5.16 Å². The molecule has 31 heavy (non-hydrogen) atoms. The van der Waals surface area contributed by atoms with Crippen LogP contribution in [0.25, 0.3) is 5.69 Å². The first-order valence-electron chi connectivity index (χ1n) is 9.96. The Morgan fingerprint density at radius 3 is 2.48 bits per heavy atom. The molecule has 7 heteroatoms. The largest absolute Gasteiger partial charge is 0.325 e. The van der Waals surface area contributed by atoms with Crippen molar-refractivity contribution in [3.05, 3.63) is 95.1 Å². The van der Waals surface area contributed by atoms with Crippen molar-refractivity contribution < 1.29 is 4.79 Å². The Balaban J connectivity index is 1.67. The lowest BCUT2D eigenvalue weighted by atomic mass is 10.1. The number of hydrogen-bond donors (Lipinski definition) is 1. The summed E-state index contributed by atoms with van der Waals surface area (Å²) in [5.74, 6) is -0.122. The molecule has 1 atom stereocenters. The quantitative estimate of drug-likeness (QED) is 0.434. The Morgan fingerprint density at radius 1 is 0.935 bits per heavy atom. The van der Waals surface area contributed by atoms with E-state index in [2.05, 4.69) is 20.8 Å². The maximum absolute atomic E-state index is 13.4. The van der Waals surface area contributed by atoms with Crippen LogP contribution in [0.1, 0.15) is 27.5 Å². The minimum Gasteiger partial charge on any atom is -0.325 e. The molecule has 0 aliphatic rings. The fourth-order valence-electron chi connectivity index (χ4n) is 3.25. The van der Waals surface area contributed by atoms with E-state index in [0.717, 1.165) is 33.6 Å². The highest BCUT2D eigenvalue weighted by molar-refractivity contribution is 8.00. The predicted molar refractivity (Wildman–Crippen MR) is 123 cm³/mol. The van der Waals surface area contributed by atoms with Gasteiger partial charge in [0, 0.05) is 5.69 Å². The first kappa shape index (κ1) is 20.8. The second-order valence-corrected chi connectivity index (χ2v) is 8.50. The van der Waals surface area contributed by atoms with Crippen LogP contribution in [0, 0.1) is 20.8 Å². The molecule has 0 aliphatic heterocycles. The van der Waals surface area contributed by atoms with Gasteiger partial charge in [0.2, 0.25) is 11.1 Å². The van der Waals surface area contributed by atoms with Gasteiger partial charge >= 0.3 is 0 Å². The lowest BCUT2D eigenvalue weighted by Gasteiger charge is -2.18. The molecular weight excluding hydrogens is 406 g/mol. The third-order valence-electron chi connectivity index (χ3n) is 4.90. The molecule has 0 aliphatic carbocycles. The number of tetrazole rings is 1. The van der Waals surface area contributed by atoms with Crippen LogP contribution in [0.15, 0.2) is 78.0 Å². The number of thioether (sulfide) groups is 1. The van der Waals surface area contributed by atoms with Crippen LogP contribution in [0.2, 0.25) is 0 Å². The number of aromatic nitrogens is 4. The van der Waals surface area contributed by atoms with E-state index in [1.165, 1.54) is 11.8 Å². The third-order valence-corrected chi connectivity index (χ3v) is 6.09. The fraction of sp³-hybridized carbons (Fsp3) is 0.167. The second-order valence-electron chi connectivity index (χ2n) is 7.43. The second kappa shape index (κ2) is 9.14. The SMILES string of the molecule is Cc1cccc(-n2nnnc2S[C@@H](C(=O)Nc2cc(C)ccc2C)c2ccccc2)c1. The summed E-state index contributed by atoms with van der Waals surface area (Å²) >= 11 is 1.33. The first-order chi connectivity index (χ1) is 15.0. The zero-order chi connectivity index (χ0) is 21.8. The van der Waals surface area contributed by atoms with Crippen molar-refractivity contribution in [3.8, 4) is 5.69 Å². The molecular formula is C24H23N5OS. The molecule has 0 fully saturated rings. The Bertz CT molecular complexity index is 1210. The molecule has 156 valence electrons. The third kappa shape index (κ3) is 4.83. The van der Waals surface area contributed by atoms with Crippen molar-refractivity contribution in [2.24, 2.45) is 0 Å². The van der Waals surface area contributed by atoms with Crippen LogP contribution in [0.3, 0.4) is 0 Å². The standard InChI is InChI=1S/C24H23N5OS/c1-16-8-7-11-20(14-16)29-24(26-27-28-29)31-22(19-9-5-4-6-10-19)23(30)25-21-15-17(2)12-13-18(21)3/h4-15,22H,1-3H3,(H,25,30)/t22-/m1/s1. The number of nitrogens with zero attached hydrogens (tertiary/aromatic N) is 4. The van der Waals surface area contributed by atoms with Gasteiger partial charge in [-0.05, 0) is 71.7 Å². The normalized spacial score (nSPS) is 11.8. The average Bonchev–Trinajstić information content (AvgIpc) is 3.23. The number of carbonyl (C=O) groups is 1. The molecule has 0 saturated heterocycles. The lowest BCUT2D eigenvalue weighted by Crippen LogP contribution is -2.20. The Kier molecular flexibility index (Phi) is 6.13. The molecule has 0 radical (unpaired) electrons. The summed E-state index contributed by atoms with van der Waals surface area (Å²) in [4.78, 5) is 13.4. The van der Waals surface area contributed by atoms with E-state index < -0.39 is 5.25 Å². The number of nitrogens with one attached hydrogen (secondary N) is 1. The smallest absolute Gasteiger partial charge is 0.242 e. The number of aryl methyl sites for hydroxylation is 3. The molecule has 4 rings (SSSR count). The monoisotopic (exact) mass is 429 g/mol. The molecule has 6 nitrogen and oxygen atoms in total. The number of amides is 1. The van der Waals surface area contributed by atoms with Gasteiger partial charge in [-0.15, -0.1) is 5.10 Å². The molecule has 0 spiro atoms. The predicted octanol–water partition coefficient (Wildman–Crippen LogP) is 5.06. The molecule has 1 amide bonds. The zero-order valence-corrected chi connectivity index (χ0v) is 18.4. The van der Waals surface area contributed by atoms with E-state index in [9.17, 15) is 4.79 Å². The van der Waals surface area contributed by atoms with Crippen molar-refractivity contribution in [1.29, 1.82) is 0 Å². The highest BCUT2D eigenvalue weighted by atomic mass is 32.2. The van der Waals surface area contributed by atoms with Crippen LogP contribution in [0.5, 0.6) is 0 Å².